The first-order valence-corrected chi connectivity index (χ1v) is 4.55. The first kappa shape index (κ1) is 9.09. The van der Waals surface area contributed by atoms with Crippen molar-refractivity contribution < 1.29 is 0 Å². The zero-order valence-electron chi connectivity index (χ0n) is 7.61. The highest BCUT2D eigenvalue weighted by Crippen LogP contribution is 2.23. The number of nitrogens with zero attached hydrogens (tertiary/aromatic N) is 3. The molecule has 0 N–H and O–H groups in total. The van der Waals surface area contributed by atoms with Crippen molar-refractivity contribution in [2.24, 2.45) is 0 Å². The van der Waals surface area contributed by atoms with Gasteiger partial charge in [0.2, 0.25) is 0 Å². The molecule has 0 spiro atoms. The summed E-state index contributed by atoms with van der Waals surface area (Å²) in [7, 11) is 0. The lowest BCUT2D eigenvalue weighted by Crippen LogP contribution is -1.88. The molecule has 4 heteroatoms. The summed E-state index contributed by atoms with van der Waals surface area (Å²) in [6.07, 6.45) is 5.14. The van der Waals surface area contributed by atoms with E-state index in [2.05, 4.69) is 15.0 Å². The van der Waals surface area contributed by atoms with Gasteiger partial charge in [0.15, 0.2) is 0 Å². The molecule has 0 bridgehead atoms. The number of hydrogen-bond donors (Lipinski definition) is 0. The molecule has 2 aromatic rings. The van der Waals surface area contributed by atoms with Crippen LogP contribution in [0, 0.1) is 6.92 Å². The van der Waals surface area contributed by atoms with Crippen LogP contribution in [-0.4, -0.2) is 15.0 Å². The van der Waals surface area contributed by atoms with Crippen LogP contribution in [0.15, 0.2) is 30.7 Å². The molecule has 0 aliphatic carbocycles. The van der Waals surface area contributed by atoms with E-state index in [1.54, 1.807) is 18.6 Å². The molecule has 0 fully saturated rings. The van der Waals surface area contributed by atoms with Crippen molar-refractivity contribution in [3.8, 4) is 11.1 Å². The van der Waals surface area contributed by atoms with Gasteiger partial charge in [0, 0.05) is 29.7 Å². The molecule has 0 saturated heterocycles. The summed E-state index contributed by atoms with van der Waals surface area (Å²) >= 11 is 5.93. The molecule has 14 heavy (non-hydrogen) atoms. The van der Waals surface area contributed by atoms with Crippen LogP contribution in [0.1, 0.15) is 5.82 Å². The first-order valence-electron chi connectivity index (χ1n) is 4.17. The van der Waals surface area contributed by atoms with Gasteiger partial charge in [0.25, 0.3) is 0 Å². The van der Waals surface area contributed by atoms with Crippen LogP contribution in [-0.2, 0) is 0 Å². The zero-order valence-corrected chi connectivity index (χ0v) is 8.36. The molecule has 2 aromatic heterocycles. The van der Waals surface area contributed by atoms with Crippen LogP contribution in [0.4, 0.5) is 0 Å². The second-order valence-electron chi connectivity index (χ2n) is 2.86. The molecular formula is C10H8ClN3. The lowest BCUT2D eigenvalue weighted by atomic mass is 10.1. The third-order valence-electron chi connectivity index (χ3n) is 1.85. The monoisotopic (exact) mass is 205 g/mol. The van der Waals surface area contributed by atoms with E-state index in [9.17, 15) is 0 Å². The second kappa shape index (κ2) is 3.72. The van der Waals surface area contributed by atoms with E-state index in [-0.39, 0.29) is 0 Å². The summed E-state index contributed by atoms with van der Waals surface area (Å²) < 4.78 is 0. The Bertz CT molecular complexity index is 439. The van der Waals surface area contributed by atoms with Crippen molar-refractivity contribution >= 4 is 11.6 Å². The molecule has 0 atom stereocenters. The van der Waals surface area contributed by atoms with Crippen LogP contribution in [0.25, 0.3) is 11.1 Å². The summed E-state index contributed by atoms with van der Waals surface area (Å²) in [5.74, 6) is 0.744. The van der Waals surface area contributed by atoms with Crippen LogP contribution in [0.3, 0.4) is 0 Å². The van der Waals surface area contributed by atoms with Gasteiger partial charge < -0.3 is 0 Å². The van der Waals surface area contributed by atoms with Gasteiger partial charge in [-0.1, -0.05) is 11.6 Å². The summed E-state index contributed by atoms with van der Waals surface area (Å²) in [4.78, 5) is 12.2. The minimum Gasteiger partial charge on any atom is -0.244 e. The summed E-state index contributed by atoms with van der Waals surface area (Å²) in [5, 5.41) is 0.472. The van der Waals surface area contributed by atoms with Gasteiger partial charge in [0.05, 0.1) is 0 Å². The molecule has 0 aliphatic rings. The SMILES string of the molecule is Cc1ncc(-c2cccnc2Cl)cn1. The Hall–Kier alpha value is -1.48. The van der Waals surface area contributed by atoms with Gasteiger partial charge in [-0.15, -0.1) is 0 Å². The number of rotatable bonds is 1. The number of aryl methyl sites for hydroxylation is 1. The maximum atomic E-state index is 5.93. The highest BCUT2D eigenvalue weighted by atomic mass is 35.5. The van der Waals surface area contributed by atoms with E-state index < -0.39 is 0 Å². The molecule has 0 unspecified atom stereocenters. The fourth-order valence-corrected chi connectivity index (χ4v) is 1.36. The average molecular weight is 206 g/mol. The number of halogens is 1. The smallest absolute Gasteiger partial charge is 0.136 e. The van der Waals surface area contributed by atoms with E-state index in [4.69, 9.17) is 11.6 Å². The van der Waals surface area contributed by atoms with Crippen LogP contribution in [0.2, 0.25) is 5.15 Å². The normalized spacial score (nSPS) is 10.1. The molecule has 3 nitrogen and oxygen atoms in total. The van der Waals surface area contributed by atoms with Crippen molar-refractivity contribution in [3.63, 3.8) is 0 Å². The van der Waals surface area contributed by atoms with Gasteiger partial charge in [-0.05, 0) is 19.1 Å². The van der Waals surface area contributed by atoms with Gasteiger partial charge >= 0.3 is 0 Å². The quantitative estimate of drug-likeness (QED) is 0.672. The number of hydrogen-bond acceptors (Lipinski definition) is 3. The second-order valence-corrected chi connectivity index (χ2v) is 3.22. The maximum absolute atomic E-state index is 5.93. The fourth-order valence-electron chi connectivity index (χ4n) is 1.13. The molecule has 2 heterocycles. The van der Waals surface area contributed by atoms with Crippen molar-refractivity contribution in [1.29, 1.82) is 0 Å². The third kappa shape index (κ3) is 1.72. The van der Waals surface area contributed by atoms with Crippen molar-refractivity contribution in [1.82, 2.24) is 15.0 Å². The predicted molar refractivity (Wildman–Crippen MR) is 55.0 cm³/mol. The first-order chi connectivity index (χ1) is 6.77. The number of aromatic nitrogens is 3. The zero-order chi connectivity index (χ0) is 9.97. The van der Waals surface area contributed by atoms with Crippen molar-refractivity contribution in [3.05, 3.63) is 41.7 Å². The lowest BCUT2D eigenvalue weighted by Gasteiger charge is -2.01. The Balaban J connectivity index is 2.50. The minimum atomic E-state index is 0.472. The molecule has 0 aromatic carbocycles. The highest BCUT2D eigenvalue weighted by Gasteiger charge is 2.03. The van der Waals surface area contributed by atoms with Gasteiger partial charge in [-0.2, -0.15) is 0 Å². The standard InChI is InChI=1S/C10H8ClN3/c1-7-13-5-8(6-14-7)9-3-2-4-12-10(9)11/h2-6H,1H3. The molecule has 0 saturated carbocycles. The van der Waals surface area contributed by atoms with E-state index in [0.717, 1.165) is 17.0 Å². The van der Waals surface area contributed by atoms with E-state index in [1.165, 1.54) is 0 Å². The summed E-state index contributed by atoms with van der Waals surface area (Å²) in [6, 6.07) is 3.73. The van der Waals surface area contributed by atoms with Crippen molar-refractivity contribution in [2.45, 2.75) is 6.92 Å². The Morgan fingerprint density at radius 3 is 2.50 bits per heavy atom. The van der Waals surface area contributed by atoms with Crippen LogP contribution in [0.5, 0.6) is 0 Å². The Labute approximate surface area is 86.8 Å². The van der Waals surface area contributed by atoms with Gasteiger partial charge in [0.1, 0.15) is 11.0 Å². The molecule has 0 radical (unpaired) electrons. The van der Waals surface area contributed by atoms with Crippen LogP contribution >= 0.6 is 11.6 Å². The summed E-state index contributed by atoms with van der Waals surface area (Å²) in [6.45, 7) is 1.84. The molecular weight excluding hydrogens is 198 g/mol. The largest absolute Gasteiger partial charge is 0.244 e. The van der Waals surface area contributed by atoms with Gasteiger partial charge in [-0.25, -0.2) is 15.0 Å². The Morgan fingerprint density at radius 1 is 1.14 bits per heavy atom. The highest BCUT2D eigenvalue weighted by molar-refractivity contribution is 6.32. The Morgan fingerprint density at radius 2 is 1.86 bits per heavy atom. The van der Waals surface area contributed by atoms with Crippen LogP contribution < -0.4 is 0 Å². The average Bonchev–Trinajstić information content (AvgIpc) is 2.20. The predicted octanol–water partition coefficient (Wildman–Crippen LogP) is 2.50. The Kier molecular flexibility index (Phi) is 2.41. The molecule has 0 aliphatic heterocycles. The fraction of sp³-hybridized carbons (Fsp3) is 0.100. The lowest BCUT2D eigenvalue weighted by molar-refractivity contribution is 1.05. The minimum absolute atomic E-state index is 0.472. The molecule has 0 amide bonds. The van der Waals surface area contributed by atoms with E-state index in [1.807, 2.05) is 19.1 Å². The third-order valence-corrected chi connectivity index (χ3v) is 2.15. The molecule has 70 valence electrons. The van der Waals surface area contributed by atoms with E-state index >= 15 is 0 Å². The van der Waals surface area contributed by atoms with Gasteiger partial charge in [-0.3, -0.25) is 0 Å². The van der Waals surface area contributed by atoms with E-state index in [0.29, 0.717) is 5.15 Å². The molecule has 2 rings (SSSR count). The maximum Gasteiger partial charge on any atom is 0.136 e. The topological polar surface area (TPSA) is 38.7 Å². The summed E-state index contributed by atoms with van der Waals surface area (Å²) in [5.41, 5.74) is 1.74. The van der Waals surface area contributed by atoms with Crippen molar-refractivity contribution in [2.75, 3.05) is 0 Å². The number of pyridine rings is 1.